The lowest BCUT2D eigenvalue weighted by molar-refractivity contribution is -0.0338. The minimum absolute atomic E-state index is 0.0159. The molecule has 0 aliphatic carbocycles. The lowest BCUT2D eigenvalue weighted by atomic mass is 9.99. The highest BCUT2D eigenvalue weighted by atomic mass is 16.6. The Balaban J connectivity index is 1.23. The second-order valence-electron chi connectivity index (χ2n) is 13.4. The van der Waals surface area contributed by atoms with Gasteiger partial charge in [0, 0.05) is 50.7 Å². The molecular formula is C39H51N3O7. The molecule has 10 nitrogen and oxygen atoms in total. The van der Waals surface area contributed by atoms with Gasteiger partial charge >= 0.3 is 6.09 Å². The largest absolute Gasteiger partial charge is 0.496 e. The first-order valence-electron chi connectivity index (χ1n) is 17.2. The first kappa shape index (κ1) is 36.2. The Bertz CT molecular complexity index is 1610. The van der Waals surface area contributed by atoms with E-state index in [9.17, 15) is 4.79 Å². The number of hydrogen-bond acceptors (Lipinski definition) is 8. The molecule has 1 amide bonds. The molecule has 1 unspecified atom stereocenters. The molecule has 10 heteroatoms. The van der Waals surface area contributed by atoms with Gasteiger partial charge in [-0.2, -0.15) is 5.10 Å². The third kappa shape index (κ3) is 10.4. The van der Waals surface area contributed by atoms with Gasteiger partial charge in [-0.1, -0.05) is 42.5 Å². The number of aryl methyl sites for hydroxylation is 1. The maximum atomic E-state index is 12.7. The van der Waals surface area contributed by atoms with Crippen molar-refractivity contribution in [2.45, 2.75) is 77.4 Å². The number of benzene rings is 3. The predicted molar refractivity (Wildman–Crippen MR) is 189 cm³/mol. The monoisotopic (exact) mass is 673 g/mol. The molecule has 3 aromatic carbocycles. The van der Waals surface area contributed by atoms with E-state index < -0.39 is 5.60 Å². The van der Waals surface area contributed by atoms with Crippen LogP contribution in [0.4, 0.5) is 4.79 Å². The van der Waals surface area contributed by atoms with Crippen molar-refractivity contribution in [1.82, 2.24) is 14.7 Å². The molecule has 4 aromatic rings. The van der Waals surface area contributed by atoms with E-state index in [1.807, 2.05) is 68.0 Å². The highest BCUT2D eigenvalue weighted by molar-refractivity contribution is 5.79. The molecule has 1 aromatic heterocycles. The van der Waals surface area contributed by atoms with Crippen LogP contribution in [0, 0.1) is 0 Å². The maximum Gasteiger partial charge on any atom is 0.410 e. The first-order chi connectivity index (χ1) is 23.7. The third-order valence-electron chi connectivity index (χ3n) is 8.45. The minimum Gasteiger partial charge on any atom is -0.496 e. The second-order valence-corrected chi connectivity index (χ2v) is 13.4. The number of para-hydroxylation sites is 1. The molecule has 0 spiro atoms. The van der Waals surface area contributed by atoms with Crippen LogP contribution in [0.3, 0.4) is 0 Å². The number of likely N-dealkylation sites (tertiary alicyclic amines) is 1. The Labute approximate surface area is 290 Å². The molecule has 0 saturated carbocycles. The maximum absolute atomic E-state index is 12.7. The molecule has 1 fully saturated rings. The normalized spacial score (nSPS) is 14.6. The third-order valence-corrected chi connectivity index (χ3v) is 8.45. The summed E-state index contributed by atoms with van der Waals surface area (Å²) in [6.07, 6.45) is 4.42. The molecule has 1 saturated heterocycles. The lowest BCUT2D eigenvalue weighted by Crippen LogP contribution is -2.43. The van der Waals surface area contributed by atoms with Crippen molar-refractivity contribution in [2.75, 3.05) is 47.1 Å². The van der Waals surface area contributed by atoms with Crippen molar-refractivity contribution in [3.63, 3.8) is 0 Å². The summed E-state index contributed by atoms with van der Waals surface area (Å²) in [7, 11) is 3.39. The number of amides is 1. The van der Waals surface area contributed by atoms with Gasteiger partial charge in [-0.15, -0.1) is 0 Å². The van der Waals surface area contributed by atoms with Crippen molar-refractivity contribution in [3.8, 4) is 11.5 Å². The summed E-state index contributed by atoms with van der Waals surface area (Å²) in [4.78, 5) is 14.5. The van der Waals surface area contributed by atoms with Gasteiger partial charge in [0.05, 0.1) is 44.7 Å². The quantitative estimate of drug-likeness (QED) is 0.113. The van der Waals surface area contributed by atoms with Crippen LogP contribution in [-0.2, 0) is 32.1 Å². The van der Waals surface area contributed by atoms with Gasteiger partial charge < -0.3 is 33.3 Å². The summed E-state index contributed by atoms with van der Waals surface area (Å²) in [5.41, 5.74) is 3.66. The fourth-order valence-corrected chi connectivity index (χ4v) is 5.92. The summed E-state index contributed by atoms with van der Waals surface area (Å²) in [5, 5.41) is 5.71. The number of piperidine rings is 1. The number of carbonyl (C=O) groups is 1. The molecule has 1 aliphatic rings. The van der Waals surface area contributed by atoms with Gasteiger partial charge in [-0.05, 0) is 75.4 Å². The van der Waals surface area contributed by atoms with Crippen molar-refractivity contribution < 1.29 is 33.2 Å². The number of rotatable bonds is 16. The van der Waals surface area contributed by atoms with E-state index in [1.54, 1.807) is 19.1 Å². The summed E-state index contributed by atoms with van der Waals surface area (Å²) < 4.78 is 37.1. The van der Waals surface area contributed by atoms with Gasteiger partial charge in [0.25, 0.3) is 0 Å². The van der Waals surface area contributed by atoms with Crippen molar-refractivity contribution >= 4 is 17.0 Å². The predicted octanol–water partition coefficient (Wildman–Crippen LogP) is 7.57. The smallest absolute Gasteiger partial charge is 0.410 e. The SMILES string of the molecule is COCCCn1ncc2ccc(C(OC3CCN(C(=O)OC(C)(C)C)CC3)c3ccc(OCCCOCc4ccccc4OC)cc3)cc21. The fourth-order valence-electron chi connectivity index (χ4n) is 5.92. The molecular weight excluding hydrogens is 622 g/mol. The van der Waals surface area contributed by atoms with Gasteiger partial charge in [-0.3, -0.25) is 4.68 Å². The van der Waals surface area contributed by atoms with Crippen LogP contribution in [0.1, 0.15) is 69.2 Å². The van der Waals surface area contributed by atoms with Crippen LogP contribution >= 0.6 is 0 Å². The Kier molecular flexibility index (Phi) is 12.9. The van der Waals surface area contributed by atoms with E-state index >= 15 is 0 Å². The highest BCUT2D eigenvalue weighted by Crippen LogP contribution is 2.33. The molecule has 1 aliphatic heterocycles. The van der Waals surface area contributed by atoms with Crippen LogP contribution in [-0.4, -0.2) is 79.6 Å². The van der Waals surface area contributed by atoms with Crippen molar-refractivity contribution in [2.24, 2.45) is 0 Å². The lowest BCUT2D eigenvalue weighted by Gasteiger charge is -2.35. The molecule has 1 atom stereocenters. The molecule has 0 bridgehead atoms. The number of hydrogen-bond donors (Lipinski definition) is 0. The van der Waals surface area contributed by atoms with Crippen LogP contribution < -0.4 is 9.47 Å². The summed E-state index contributed by atoms with van der Waals surface area (Å²) in [5.74, 6) is 1.63. The standard InChI is InChI=1S/C39H51N3O7/c1-39(2,3)49-38(43)41-21-18-34(19-22-41)48-37(30-12-13-31-27-40-42(35(31)26-30)20-8-23-44-4)29-14-16-33(17-15-29)47-25-9-24-46-28-32-10-6-7-11-36(32)45-5/h6-7,10-17,26-27,34,37H,8-9,18-25,28H2,1-5H3. The van der Waals surface area contributed by atoms with Gasteiger partial charge in [0.15, 0.2) is 0 Å². The van der Waals surface area contributed by atoms with E-state index in [4.69, 9.17) is 28.4 Å². The van der Waals surface area contributed by atoms with Gasteiger partial charge in [0.2, 0.25) is 0 Å². The van der Waals surface area contributed by atoms with E-state index in [-0.39, 0.29) is 18.3 Å². The molecule has 2 heterocycles. The van der Waals surface area contributed by atoms with Crippen LogP contribution in [0.25, 0.3) is 10.9 Å². The zero-order valence-electron chi connectivity index (χ0n) is 29.6. The summed E-state index contributed by atoms with van der Waals surface area (Å²) >= 11 is 0. The molecule has 5 rings (SSSR count). The number of ether oxygens (including phenoxy) is 6. The molecule has 49 heavy (non-hydrogen) atoms. The van der Waals surface area contributed by atoms with Crippen LogP contribution in [0.5, 0.6) is 11.5 Å². The van der Waals surface area contributed by atoms with E-state index in [0.717, 1.165) is 71.3 Å². The summed E-state index contributed by atoms with van der Waals surface area (Å²) in [6, 6.07) is 22.5. The minimum atomic E-state index is -0.523. The second kappa shape index (κ2) is 17.5. The number of aromatic nitrogens is 2. The number of nitrogens with zero attached hydrogens (tertiary/aromatic N) is 3. The van der Waals surface area contributed by atoms with E-state index in [1.165, 1.54) is 0 Å². The number of methoxy groups -OCH3 is 2. The summed E-state index contributed by atoms with van der Waals surface area (Å²) in [6.45, 7) is 9.94. The van der Waals surface area contributed by atoms with Crippen LogP contribution in [0.2, 0.25) is 0 Å². The average Bonchev–Trinajstić information content (AvgIpc) is 3.51. The van der Waals surface area contributed by atoms with E-state index in [2.05, 4.69) is 35.4 Å². The van der Waals surface area contributed by atoms with Crippen molar-refractivity contribution in [3.05, 3.63) is 89.6 Å². The molecule has 0 N–H and O–H groups in total. The topological polar surface area (TPSA) is 93.5 Å². The zero-order chi connectivity index (χ0) is 34.6. The first-order valence-corrected chi connectivity index (χ1v) is 17.2. The highest BCUT2D eigenvalue weighted by Gasteiger charge is 2.29. The zero-order valence-corrected chi connectivity index (χ0v) is 29.6. The van der Waals surface area contributed by atoms with E-state index in [0.29, 0.717) is 39.5 Å². The van der Waals surface area contributed by atoms with Crippen LogP contribution in [0.15, 0.2) is 72.9 Å². The van der Waals surface area contributed by atoms with Crippen molar-refractivity contribution in [1.29, 1.82) is 0 Å². The molecule has 264 valence electrons. The Morgan fingerprint density at radius 1 is 0.918 bits per heavy atom. The molecule has 0 radical (unpaired) electrons. The fraction of sp³-hybridized carbons (Fsp3) is 0.487. The number of fused-ring (bicyclic) bond motifs is 1. The number of carbonyl (C=O) groups excluding carboxylic acids is 1. The Morgan fingerprint density at radius 2 is 1.67 bits per heavy atom. The Hall–Kier alpha value is -4.12. The van der Waals surface area contributed by atoms with Gasteiger partial charge in [0.1, 0.15) is 23.2 Å². The van der Waals surface area contributed by atoms with Gasteiger partial charge in [-0.25, -0.2) is 4.79 Å². The average molecular weight is 674 g/mol. The Morgan fingerprint density at radius 3 is 2.41 bits per heavy atom.